The van der Waals surface area contributed by atoms with Crippen molar-refractivity contribution < 1.29 is 18.7 Å². The molecule has 7 nitrogen and oxygen atoms in total. The van der Waals surface area contributed by atoms with Crippen LogP contribution in [0.1, 0.15) is 57.6 Å². The van der Waals surface area contributed by atoms with Gasteiger partial charge in [-0.15, -0.1) is 0 Å². The largest absolute Gasteiger partial charge is 0.444 e. The van der Waals surface area contributed by atoms with Crippen LogP contribution in [0.2, 0.25) is 0 Å². The van der Waals surface area contributed by atoms with Gasteiger partial charge in [-0.2, -0.15) is 0 Å². The van der Waals surface area contributed by atoms with Gasteiger partial charge in [0, 0.05) is 38.3 Å². The molecule has 0 aromatic heterocycles. The van der Waals surface area contributed by atoms with Gasteiger partial charge in [-0.3, -0.25) is 4.99 Å². The Labute approximate surface area is 178 Å². The first-order valence-electron chi connectivity index (χ1n) is 10.4. The van der Waals surface area contributed by atoms with E-state index in [1.54, 1.807) is 26.3 Å². The number of ether oxygens (including phenoxy) is 2. The van der Waals surface area contributed by atoms with Crippen LogP contribution in [0, 0.1) is 5.82 Å². The molecule has 168 valence electrons. The Morgan fingerprint density at radius 1 is 1.17 bits per heavy atom. The van der Waals surface area contributed by atoms with E-state index in [9.17, 15) is 9.18 Å². The minimum atomic E-state index is -0.490. The maximum absolute atomic E-state index is 13.8. The number of nitrogens with zero attached hydrogens (tertiary/aromatic N) is 1. The number of hydrogen-bond acceptors (Lipinski definition) is 4. The van der Waals surface area contributed by atoms with Crippen molar-refractivity contribution in [3.63, 3.8) is 0 Å². The minimum Gasteiger partial charge on any atom is -0.444 e. The third-order valence-electron chi connectivity index (χ3n) is 4.88. The minimum absolute atomic E-state index is 0.131. The van der Waals surface area contributed by atoms with Gasteiger partial charge >= 0.3 is 6.09 Å². The molecule has 1 aliphatic rings. The van der Waals surface area contributed by atoms with Gasteiger partial charge < -0.3 is 25.4 Å². The van der Waals surface area contributed by atoms with E-state index in [4.69, 9.17) is 9.47 Å². The zero-order valence-electron chi connectivity index (χ0n) is 18.7. The molecule has 0 radical (unpaired) electrons. The summed E-state index contributed by atoms with van der Waals surface area (Å²) in [5, 5.41) is 9.67. The van der Waals surface area contributed by atoms with E-state index in [0.29, 0.717) is 18.1 Å². The van der Waals surface area contributed by atoms with Crippen molar-refractivity contribution in [1.29, 1.82) is 0 Å². The number of aliphatic imine (C=N–C) groups is 1. The van der Waals surface area contributed by atoms with Crippen LogP contribution in [0.4, 0.5) is 9.18 Å². The second-order valence-electron chi connectivity index (χ2n) is 8.62. The first-order valence-corrected chi connectivity index (χ1v) is 10.4. The Kier molecular flexibility index (Phi) is 8.89. The Bertz CT molecular complexity index is 726. The lowest BCUT2D eigenvalue weighted by atomic mass is 9.91. The average molecular weight is 423 g/mol. The second-order valence-corrected chi connectivity index (χ2v) is 8.62. The van der Waals surface area contributed by atoms with Crippen LogP contribution in [0.5, 0.6) is 0 Å². The first kappa shape index (κ1) is 23.9. The molecule has 1 aromatic carbocycles. The van der Waals surface area contributed by atoms with Gasteiger partial charge in [-0.1, -0.05) is 6.07 Å². The Morgan fingerprint density at radius 2 is 1.80 bits per heavy atom. The molecule has 30 heavy (non-hydrogen) atoms. The maximum atomic E-state index is 13.8. The highest BCUT2D eigenvalue weighted by atomic mass is 19.1. The second kappa shape index (κ2) is 11.2. The summed E-state index contributed by atoms with van der Waals surface area (Å²) in [6.45, 7) is 6.35. The summed E-state index contributed by atoms with van der Waals surface area (Å²) in [7, 11) is 3.28. The normalized spacial score (nSPS) is 19.9. The summed E-state index contributed by atoms with van der Waals surface area (Å²) in [5.74, 6) is 0.441. The van der Waals surface area contributed by atoms with Gasteiger partial charge in [-0.25, -0.2) is 9.18 Å². The quantitative estimate of drug-likeness (QED) is 0.483. The molecule has 0 spiro atoms. The number of carbonyl (C=O) groups is 1. The Morgan fingerprint density at radius 3 is 2.37 bits per heavy atom. The number of amides is 1. The van der Waals surface area contributed by atoms with Gasteiger partial charge in [0.15, 0.2) is 5.96 Å². The van der Waals surface area contributed by atoms with Gasteiger partial charge in [0.05, 0.1) is 6.61 Å². The molecule has 1 amide bonds. The Balaban J connectivity index is 1.77. The molecule has 0 bridgehead atoms. The number of carbonyl (C=O) groups excluding carboxylic acids is 1. The van der Waals surface area contributed by atoms with Crippen molar-refractivity contribution >= 4 is 12.1 Å². The number of alkyl carbamates (subject to hydrolysis) is 1. The van der Waals surface area contributed by atoms with E-state index in [-0.39, 0.29) is 30.6 Å². The predicted octanol–water partition coefficient (Wildman–Crippen LogP) is 3.47. The lowest BCUT2D eigenvalue weighted by Crippen LogP contribution is -2.47. The summed E-state index contributed by atoms with van der Waals surface area (Å²) in [5.41, 5.74) is 1.00. The van der Waals surface area contributed by atoms with Crippen molar-refractivity contribution in [2.24, 2.45) is 4.99 Å². The number of methoxy groups -OCH3 is 1. The van der Waals surface area contributed by atoms with E-state index < -0.39 is 5.60 Å². The van der Waals surface area contributed by atoms with E-state index >= 15 is 0 Å². The van der Waals surface area contributed by atoms with E-state index in [0.717, 1.165) is 31.2 Å². The lowest BCUT2D eigenvalue weighted by Gasteiger charge is -2.31. The smallest absolute Gasteiger partial charge is 0.407 e. The molecule has 8 heteroatoms. The molecular formula is C22H35FN4O3. The molecule has 2 rings (SSSR count). The number of halogens is 1. The monoisotopic (exact) mass is 422 g/mol. The molecular weight excluding hydrogens is 387 g/mol. The highest BCUT2D eigenvalue weighted by Gasteiger charge is 2.25. The topological polar surface area (TPSA) is 84.0 Å². The summed E-state index contributed by atoms with van der Waals surface area (Å²) in [6.07, 6.45) is 3.26. The van der Waals surface area contributed by atoms with E-state index in [1.165, 1.54) is 6.07 Å². The third kappa shape index (κ3) is 8.18. The molecule has 0 atom stereocenters. The van der Waals surface area contributed by atoms with Gasteiger partial charge in [-0.05, 0) is 64.2 Å². The van der Waals surface area contributed by atoms with Crippen molar-refractivity contribution in [3.8, 4) is 0 Å². The van der Waals surface area contributed by atoms with Crippen molar-refractivity contribution in [2.75, 3.05) is 14.2 Å². The summed E-state index contributed by atoms with van der Waals surface area (Å²) >= 11 is 0. The van der Waals surface area contributed by atoms with Crippen LogP contribution in [0.3, 0.4) is 0 Å². The molecule has 0 aliphatic heterocycles. The molecule has 0 saturated heterocycles. The van der Waals surface area contributed by atoms with Crippen molar-refractivity contribution in [3.05, 3.63) is 35.1 Å². The van der Waals surface area contributed by atoms with E-state index in [2.05, 4.69) is 20.9 Å². The van der Waals surface area contributed by atoms with Crippen LogP contribution >= 0.6 is 0 Å². The van der Waals surface area contributed by atoms with Gasteiger partial charge in [0.1, 0.15) is 11.4 Å². The SMILES string of the molecule is CN=C(NCc1ccc(F)c(COC)c1)NC1CCC(NC(=O)OC(C)(C)C)CC1. The molecule has 1 fully saturated rings. The molecule has 0 unspecified atom stereocenters. The summed E-state index contributed by atoms with van der Waals surface area (Å²) < 4.78 is 24.1. The molecule has 1 saturated carbocycles. The fourth-order valence-electron chi connectivity index (χ4n) is 3.43. The van der Waals surface area contributed by atoms with Crippen LogP contribution in [-0.2, 0) is 22.6 Å². The summed E-state index contributed by atoms with van der Waals surface area (Å²) in [4.78, 5) is 16.2. The lowest BCUT2D eigenvalue weighted by molar-refractivity contribution is 0.0490. The average Bonchev–Trinajstić information content (AvgIpc) is 2.67. The standard InChI is InChI=1S/C22H35FN4O3/c1-22(2,3)30-21(28)27-18-9-7-17(8-10-18)26-20(24-4)25-13-15-6-11-19(23)16(12-15)14-29-5/h6,11-12,17-18H,7-10,13-14H2,1-5H3,(H,27,28)(H2,24,25,26). The number of hydrogen-bond donors (Lipinski definition) is 3. The van der Waals surface area contributed by atoms with Crippen LogP contribution < -0.4 is 16.0 Å². The number of guanidine groups is 1. The van der Waals surface area contributed by atoms with E-state index in [1.807, 2.05) is 20.8 Å². The Hall–Kier alpha value is -2.35. The molecule has 1 aromatic rings. The maximum Gasteiger partial charge on any atom is 0.407 e. The zero-order chi connectivity index (χ0) is 22.1. The van der Waals surface area contributed by atoms with Gasteiger partial charge in [0.2, 0.25) is 0 Å². The molecule has 3 N–H and O–H groups in total. The van der Waals surface area contributed by atoms with Crippen LogP contribution in [0.15, 0.2) is 23.2 Å². The van der Waals surface area contributed by atoms with Crippen molar-refractivity contribution in [1.82, 2.24) is 16.0 Å². The fraction of sp³-hybridized carbons (Fsp3) is 0.636. The number of nitrogens with one attached hydrogen (secondary N) is 3. The summed E-state index contributed by atoms with van der Waals surface area (Å²) in [6, 6.07) is 5.42. The first-order chi connectivity index (χ1) is 14.2. The van der Waals surface area contributed by atoms with Crippen LogP contribution in [-0.4, -0.2) is 43.9 Å². The molecule has 0 heterocycles. The third-order valence-corrected chi connectivity index (χ3v) is 4.88. The fourth-order valence-corrected chi connectivity index (χ4v) is 3.43. The highest BCUT2D eigenvalue weighted by molar-refractivity contribution is 5.80. The van der Waals surface area contributed by atoms with Gasteiger partial charge in [0.25, 0.3) is 0 Å². The zero-order valence-corrected chi connectivity index (χ0v) is 18.7. The van der Waals surface area contributed by atoms with Crippen molar-refractivity contribution in [2.45, 2.75) is 77.3 Å². The highest BCUT2D eigenvalue weighted by Crippen LogP contribution is 2.19. The predicted molar refractivity (Wildman–Crippen MR) is 116 cm³/mol. The number of benzene rings is 1. The molecule has 1 aliphatic carbocycles. The van der Waals surface area contributed by atoms with Crippen LogP contribution in [0.25, 0.3) is 0 Å². The number of rotatable bonds is 6.